The van der Waals surface area contributed by atoms with Crippen LogP contribution in [0, 0.1) is 5.82 Å². The summed E-state index contributed by atoms with van der Waals surface area (Å²) in [5, 5.41) is 12.8. The molecular weight excluding hydrogens is 495 g/mol. The van der Waals surface area contributed by atoms with E-state index in [0.717, 1.165) is 31.6 Å². The van der Waals surface area contributed by atoms with Crippen molar-refractivity contribution in [3.8, 4) is 17.1 Å². The summed E-state index contributed by atoms with van der Waals surface area (Å²) < 4.78 is 37.3. The van der Waals surface area contributed by atoms with Gasteiger partial charge in [0.2, 0.25) is 0 Å². The van der Waals surface area contributed by atoms with Crippen LogP contribution < -0.4 is 15.0 Å². The van der Waals surface area contributed by atoms with Gasteiger partial charge in [0.25, 0.3) is 0 Å². The molecule has 3 N–H and O–H groups in total. The number of benzene rings is 1. The van der Waals surface area contributed by atoms with Gasteiger partial charge in [0, 0.05) is 42.5 Å². The lowest BCUT2D eigenvalue weighted by Gasteiger charge is -2.33. The van der Waals surface area contributed by atoms with Crippen molar-refractivity contribution in [2.75, 3.05) is 37.8 Å². The molecular formula is C27H31FN4O6. The van der Waals surface area contributed by atoms with Crippen molar-refractivity contribution in [3.63, 3.8) is 0 Å². The minimum atomic E-state index is -0.652. The summed E-state index contributed by atoms with van der Waals surface area (Å²) in [7, 11) is 0. The number of hydrogen-bond donors (Lipinski definition) is 3. The van der Waals surface area contributed by atoms with E-state index in [0.29, 0.717) is 35.7 Å². The minimum Gasteiger partial charge on any atom is -0.470 e. The molecule has 38 heavy (non-hydrogen) atoms. The molecule has 0 bridgehead atoms. The van der Waals surface area contributed by atoms with E-state index in [1.165, 1.54) is 6.07 Å². The van der Waals surface area contributed by atoms with Gasteiger partial charge < -0.3 is 39.3 Å². The third kappa shape index (κ3) is 4.89. The number of pyridine rings is 1. The fourth-order valence-corrected chi connectivity index (χ4v) is 5.43. The molecule has 0 aliphatic carbocycles. The van der Waals surface area contributed by atoms with Crippen LogP contribution in [0.4, 0.5) is 14.9 Å². The number of piperidine rings is 1. The van der Waals surface area contributed by atoms with E-state index >= 15 is 4.39 Å². The maximum Gasteiger partial charge on any atom is 0.407 e. The second-order valence-corrected chi connectivity index (χ2v) is 9.88. The number of H-pyrrole nitrogens is 1. The number of alkyl carbamates (subject to hydrolysis) is 1. The summed E-state index contributed by atoms with van der Waals surface area (Å²) in [6.07, 6.45) is -0.461. The lowest BCUT2D eigenvalue weighted by atomic mass is 10.0. The van der Waals surface area contributed by atoms with Crippen molar-refractivity contribution in [2.45, 2.75) is 50.2 Å². The molecule has 1 amide bonds. The van der Waals surface area contributed by atoms with E-state index in [2.05, 4.69) is 20.2 Å². The fraction of sp³-hybridized carbons (Fsp3) is 0.481. The molecule has 10 nitrogen and oxygen atoms in total. The Hall–Kier alpha value is -3.41. The smallest absolute Gasteiger partial charge is 0.407 e. The predicted octanol–water partition coefficient (Wildman–Crippen LogP) is 2.99. The predicted molar refractivity (Wildman–Crippen MR) is 137 cm³/mol. The Kier molecular flexibility index (Phi) is 6.81. The molecule has 6 rings (SSSR count). The molecule has 3 saturated heterocycles. The van der Waals surface area contributed by atoms with Gasteiger partial charge in [0.15, 0.2) is 17.8 Å². The van der Waals surface area contributed by atoms with Crippen LogP contribution in [0.15, 0.2) is 36.4 Å². The molecule has 11 heteroatoms. The maximum atomic E-state index is 15.0. The Balaban J connectivity index is 1.12. The molecule has 3 fully saturated rings. The number of nitrogens with one attached hydrogen (secondary N) is 2. The number of carbonyl (C=O) groups excluding carboxylic acids is 1. The number of aromatic nitrogens is 2. The molecule has 3 aliphatic rings. The van der Waals surface area contributed by atoms with Crippen LogP contribution >= 0.6 is 0 Å². The van der Waals surface area contributed by atoms with Crippen molar-refractivity contribution in [3.05, 3.63) is 42.2 Å². The van der Waals surface area contributed by atoms with Gasteiger partial charge in [-0.15, -0.1) is 0 Å². The van der Waals surface area contributed by atoms with Crippen molar-refractivity contribution < 1.29 is 33.2 Å². The van der Waals surface area contributed by atoms with Crippen LogP contribution in [0.25, 0.3) is 22.3 Å². The highest BCUT2D eigenvalue weighted by Gasteiger charge is 2.48. The van der Waals surface area contributed by atoms with Crippen LogP contribution in [0.1, 0.15) is 19.8 Å². The van der Waals surface area contributed by atoms with E-state index in [4.69, 9.17) is 18.9 Å². The minimum absolute atomic E-state index is 0.102. The molecule has 3 aromatic rings. The monoisotopic (exact) mass is 526 g/mol. The summed E-state index contributed by atoms with van der Waals surface area (Å²) in [5.41, 5.74) is 3.09. The van der Waals surface area contributed by atoms with Gasteiger partial charge in [0.1, 0.15) is 24.0 Å². The van der Waals surface area contributed by atoms with Crippen LogP contribution in [0.2, 0.25) is 0 Å². The quantitative estimate of drug-likeness (QED) is 0.449. The van der Waals surface area contributed by atoms with Gasteiger partial charge in [-0.2, -0.15) is 0 Å². The first-order valence-electron chi connectivity index (χ1n) is 13.0. The number of ether oxygens (including phenoxy) is 4. The molecule has 0 spiro atoms. The van der Waals surface area contributed by atoms with Gasteiger partial charge in [-0.3, -0.25) is 0 Å². The highest BCUT2D eigenvalue weighted by molar-refractivity contribution is 5.81. The van der Waals surface area contributed by atoms with Gasteiger partial charge >= 0.3 is 6.09 Å². The van der Waals surface area contributed by atoms with E-state index in [-0.39, 0.29) is 42.7 Å². The van der Waals surface area contributed by atoms with E-state index in [9.17, 15) is 9.90 Å². The second-order valence-electron chi connectivity index (χ2n) is 9.88. The van der Waals surface area contributed by atoms with Crippen LogP contribution in [0.5, 0.6) is 5.88 Å². The van der Waals surface area contributed by atoms with Crippen molar-refractivity contribution >= 4 is 22.8 Å². The molecule has 4 atom stereocenters. The summed E-state index contributed by atoms with van der Waals surface area (Å²) in [6, 6.07) is 10.9. The number of amides is 1. The van der Waals surface area contributed by atoms with Crippen LogP contribution in [-0.2, 0) is 14.2 Å². The number of carbonyl (C=O) groups is 1. The average molecular weight is 527 g/mol. The third-order valence-electron chi connectivity index (χ3n) is 7.39. The van der Waals surface area contributed by atoms with Gasteiger partial charge in [0.05, 0.1) is 30.9 Å². The number of halogens is 1. The second kappa shape index (κ2) is 10.4. The van der Waals surface area contributed by atoms with Crippen molar-refractivity contribution in [1.82, 2.24) is 15.3 Å². The largest absolute Gasteiger partial charge is 0.470 e. The highest BCUT2D eigenvalue weighted by Crippen LogP contribution is 2.32. The number of rotatable bonds is 6. The Morgan fingerprint density at radius 2 is 1.95 bits per heavy atom. The summed E-state index contributed by atoms with van der Waals surface area (Å²) in [4.78, 5) is 21.5. The average Bonchev–Trinajstić information content (AvgIpc) is 3.61. The first-order chi connectivity index (χ1) is 18.5. The first-order valence-corrected chi connectivity index (χ1v) is 13.0. The van der Waals surface area contributed by atoms with Gasteiger partial charge in [-0.05, 0) is 31.9 Å². The summed E-state index contributed by atoms with van der Waals surface area (Å²) in [6.45, 7) is 4.28. The normalized spacial score (nSPS) is 25.5. The molecule has 1 aromatic carbocycles. The zero-order valence-corrected chi connectivity index (χ0v) is 21.1. The summed E-state index contributed by atoms with van der Waals surface area (Å²) >= 11 is 0. The highest BCUT2D eigenvalue weighted by atomic mass is 19.1. The zero-order valence-electron chi connectivity index (χ0n) is 21.1. The lowest BCUT2D eigenvalue weighted by molar-refractivity contribution is 0.00794. The lowest BCUT2D eigenvalue weighted by Crippen LogP contribution is -2.44. The summed E-state index contributed by atoms with van der Waals surface area (Å²) in [5.74, 6) is 0.00973. The van der Waals surface area contributed by atoms with Crippen molar-refractivity contribution in [2.24, 2.45) is 0 Å². The molecule has 0 radical (unpaired) electrons. The Bertz CT molecular complexity index is 1290. The fourth-order valence-electron chi connectivity index (χ4n) is 5.43. The first kappa shape index (κ1) is 24.9. The number of aliphatic hydroxyl groups is 1. The number of anilines is 1. The number of fused-ring (bicyclic) bond motifs is 2. The SMILES string of the molecule is CCOC(=O)NC1CCN(c2ccc(-c3nc4cc(O[C@@H]5CO[C@H]6[C@@H]5OC[C@H]6O)[nH]c4cc3F)cc2)CC1. The van der Waals surface area contributed by atoms with E-state index < -0.39 is 11.9 Å². The van der Waals surface area contributed by atoms with E-state index in [1.54, 1.807) is 13.0 Å². The number of hydrogen-bond acceptors (Lipinski definition) is 8. The van der Waals surface area contributed by atoms with Gasteiger partial charge in [-0.25, -0.2) is 14.2 Å². The molecule has 202 valence electrons. The maximum absolute atomic E-state index is 15.0. The topological polar surface area (TPSA) is 118 Å². The number of nitrogens with zero attached hydrogens (tertiary/aromatic N) is 2. The zero-order chi connectivity index (χ0) is 26.2. The molecule has 2 aromatic heterocycles. The Morgan fingerprint density at radius 1 is 1.18 bits per heavy atom. The van der Waals surface area contributed by atoms with Crippen LogP contribution in [-0.4, -0.2) is 84.5 Å². The van der Waals surface area contributed by atoms with E-state index in [1.807, 2.05) is 24.3 Å². The molecule has 0 unspecified atom stereocenters. The third-order valence-corrected chi connectivity index (χ3v) is 7.39. The Morgan fingerprint density at radius 3 is 2.71 bits per heavy atom. The Labute approximate surface area is 219 Å². The number of aliphatic hydroxyl groups excluding tert-OH is 1. The number of aromatic amines is 1. The van der Waals surface area contributed by atoms with Crippen molar-refractivity contribution in [1.29, 1.82) is 0 Å². The standard InChI is InChI=1S/C27H31FN4O6/c1-2-35-27(34)29-16-7-9-32(10-8-16)17-5-3-15(4-6-17)24-18(28)11-19-20(31-24)12-23(30-19)38-22-14-37-25-21(33)13-36-26(22)25/h3-6,11-12,16,21-22,25-26,30,33H,2,7-10,13-14H2,1H3,(H,29,34)/t21-,22-,25-,26-/m1/s1. The molecule has 0 saturated carbocycles. The van der Waals surface area contributed by atoms with Crippen LogP contribution in [0.3, 0.4) is 0 Å². The van der Waals surface area contributed by atoms with Gasteiger partial charge in [-0.1, -0.05) is 12.1 Å². The molecule has 3 aliphatic heterocycles. The molecule has 5 heterocycles.